The summed E-state index contributed by atoms with van der Waals surface area (Å²) < 4.78 is 5.44. The summed E-state index contributed by atoms with van der Waals surface area (Å²) in [6.07, 6.45) is 4.26. The molecule has 0 amide bonds. The van der Waals surface area contributed by atoms with Crippen LogP contribution in [-0.2, 0) is 9.53 Å². The van der Waals surface area contributed by atoms with Crippen LogP contribution in [0.15, 0.2) is 0 Å². The maximum atomic E-state index is 11.5. The van der Waals surface area contributed by atoms with E-state index < -0.39 is 0 Å². The number of cyclic esters (lactones) is 1. The van der Waals surface area contributed by atoms with Crippen LogP contribution < -0.4 is 0 Å². The van der Waals surface area contributed by atoms with Gasteiger partial charge in [0.25, 0.3) is 0 Å². The highest BCUT2D eigenvalue weighted by Gasteiger charge is 2.27. The first-order valence-corrected chi connectivity index (χ1v) is 5.35. The van der Waals surface area contributed by atoms with Crippen molar-refractivity contribution < 1.29 is 9.53 Å². The Labute approximate surface area is 80.7 Å². The standard InChI is InChI=1S/C11H20O2/c1-4-9-6-5-7-10(8(2)3)13-11(9)12/h8-10H,4-7H2,1-3H3. The van der Waals surface area contributed by atoms with Crippen LogP contribution in [0.1, 0.15) is 46.5 Å². The second-order valence-corrected chi connectivity index (χ2v) is 4.26. The lowest BCUT2D eigenvalue weighted by Crippen LogP contribution is -2.24. The van der Waals surface area contributed by atoms with E-state index in [4.69, 9.17) is 4.74 Å². The molecule has 0 N–H and O–H groups in total. The van der Waals surface area contributed by atoms with Crippen molar-refractivity contribution in [3.8, 4) is 0 Å². The van der Waals surface area contributed by atoms with Gasteiger partial charge in [0.2, 0.25) is 0 Å². The molecule has 0 aliphatic carbocycles. The first-order valence-electron chi connectivity index (χ1n) is 5.35. The third-order valence-corrected chi connectivity index (χ3v) is 2.88. The molecule has 76 valence electrons. The molecule has 2 atom stereocenters. The summed E-state index contributed by atoms with van der Waals surface area (Å²) in [6.45, 7) is 6.29. The molecule has 1 saturated heterocycles. The highest BCUT2D eigenvalue weighted by atomic mass is 16.5. The van der Waals surface area contributed by atoms with Gasteiger partial charge in [-0.25, -0.2) is 0 Å². The molecule has 0 aromatic heterocycles. The molecule has 0 aromatic carbocycles. The molecule has 1 aliphatic heterocycles. The number of hydrogen-bond acceptors (Lipinski definition) is 2. The summed E-state index contributed by atoms with van der Waals surface area (Å²) >= 11 is 0. The Hall–Kier alpha value is -0.530. The van der Waals surface area contributed by atoms with Gasteiger partial charge < -0.3 is 4.74 Å². The van der Waals surface area contributed by atoms with E-state index in [-0.39, 0.29) is 18.0 Å². The molecular weight excluding hydrogens is 164 g/mol. The van der Waals surface area contributed by atoms with Crippen molar-refractivity contribution in [2.24, 2.45) is 11.8 Å². The minimum Gasteiger partial charge on any atom is -0.462 e. The summed E-state index contributed by atoms with van der Waals surface area (Å²) in [5, 5.41) is 0. The topological polar surface area (TPSA) is 26.3 Å². The van der Waals surface area contributed by atoms with E-state index in [9.17, 15) is 4.79 Å². The van der Waals surface area contributed by atoms with Crippen molar-refractivity contribution >= 4 is 5.97 Å². The Morgan fingerprint density at radius 2 is 2.15 bits per heavy atom. The highest BCUT2D eigenvalue weighted by molar-refractivity contribution is 5.72. The molecule has 2 unspecified atom stereocenters. The van der Waals surface area contributed by atoms with Crippen molar-refractivity contribution in [1.29, 1.82) is 0 Å². The third-order valence-electron chi connectivity index (χ3n) is 2.88. The van der Waals surface area contributed by atoms with Crippen LogP contribution in [0.4, 0.5) is 0 Å². The van der Waals surface area contributed by atoms with Crippen LogP contribution in [0.3, 0.4) is 0 Å². The van der Waals surface area contributed by atoms with Crippen LogP contribution >= 0.6 is 0 Å². The zero-order valence-corrected chi connectivity index (χ0v) is 8.88. The quantitative estimate of drug-likeness (QED) is 0.617. The van der Waals surface area contributed by atoms with Gasteiger partial charge in [-0.2, -0.15) is 0 Å². The Morgan fingerprint density at radius 3 is 2.69 bits per heavy atom. The van der Waals surface area contributed by atoms with Crippen LogP contribution in [0, 0.1) is 11.8 Å². The predicted octanol–water partition coefficient (Wildman–Crippen LogP) is 2.76. The average molecular weight is 184 g/mol. The van der Waals surface area contributed by atoms with E-state index in [1.165, 1.54) is 0 Å². The van der Waals surface area contributed by atoms with Gasteiger partial charge in [-0.15, -0.1) is 0 Å². The molecule has 1 fully saturated rings. The van der Waals surface area contributed by atoms with Gasteiger partial charge in [-0.3, -0.25) is 4.79 Å². The van der Waals surface area contributed by atoms with Gasteiger partial charge in [0.05, 0.1) is 5.92 Å². The van der Waals surface area contributed by atoms with E-state index in [0.717, 1.165) is 25.7 Å². The van der Waals surface area contributed by atoms with Gasteiger partial charge >= 0.3 is 5.97 Å². The molecule has 0 bridgehead atoms. The van der Waals surface area contributed by atoms with Crippen LogP contribution in [0.5, 0.6) is 0 Å². The lowest BCUT2D eigenvalue weighted by Gasteiger charge is -2.19. The molecule has 1 rings (SSSR count). The fourth-order valence-corrected chi connectivity index (χ4v) is 1.83. The lowest BCUT2D eigenvalue weighted by atomic mass is 9.98. The second kappa shape index (κ2) is 4.64. The zero-order valence-electron chi connectivity index (χ0n) is 8.88. The minimum absolute atomic E-state index is 0.0266. The zero-order chi connectivity index (χ0) is 9.84. The average Bonchev–Trinajstić information content (AvgIpc) is 2.26. The van der Waals surface area contributed by atoms with E-state index in [1.807, 2.05) is 0 Å². The van der Waals surface area contributed by atoms with E-state index in [2.05, 4.69) is 20.8 Å². The summed E-state index contributed by atoms with van der Waals surface area (Å²) in [5.41, 5.74) is 0. The van der Waals surface area contributed by atoms with Crippen molar-refractivity contribution in [3.63, 3.8) is 0 Å². The molecule has 0 aromatic rings. The van der Waals surface area contributed by atoms with Crippen LogP contribution in [0.2, 0.25) is 0 Å². The monoisotopic (exact) mass is 184 g/mol. The maximum absolute atomic E-state index is 11.5. The highest BCUT2D eigenvalue weighted by Crippen LogP contribution is 2.25. The molecular formula is C11H20O2. The lowest BCUT2D eigenvalue weighted by molar-refractivity contribution is -0.154. The number of esters is 1. The van der Waals surface area contributed by atoms with Gasteiger partial charge in [0.15, 0.2) is 0 Å². The molecule has 1 aliphatic rings. The maximum Gasteiger partial charge on any atom is 0.309 e. The van der Waals surface area contributed by atoms with Crippen molar-refractivity contribution in [2.45, 2.75) is 52.6 Å². The van der Waals surface area contributed by atoms with Gasteiger partial charge in [-0.1, -0.05) is 20.8 Å². The SMILES string of the molecule is CCC1CCCC(C(C)C)OC1=O. The predicted molar refractivity (Wildman–Crippen MR) is 52.4 cm³/mol. The Morgan fingerprint density at radius 1 is 1.46 bits per heavy atom. The molecule has 2 nitrogen and oxygen atoms in total. The number of ether oxygens (including phenoxy) is 1. The molecule has 1 heterocycles. The number of carbonyl (C=O) groups excluding carboxylic acids is 1. The summed E-state index contributed by atoms with van der Waals surface area (Å²) in [7, 11) is 0. The molecule has 0 spiro atoms. The number of carbonyl (C=O) groups is 1. The normalized spacial score (nSPS) is 30.0. The Kier molecular flexibility index (Phi) is 3.76. The Bertz CT molecular complexity index is 175. The molecule has 0 saturated carbocycles. The smallest absolute Gasteiger partial charge is 0.309 e. The van der Waals surface area contributed by atoms with E-state index >= 15 is 0 Å². The number of hydrogen-bond donors (Lipinski definition) is 0. The summed E-state index contributed by atoms with van der Waals surface area (Å²) in [4.78, 5) is 11.5. The summed E-state index contributed by atoms with van der Waals surface area (Å²) in [5.74, 6) is 0.641. The Balaban J connectivity index is 2.55. The third kappa shape index (κ3) is 2.71. The van der Waals surface area contributed by atoms with E-state index in [0.29, 0.717) is 5.92 Å². The molecule has 0 radical (unpaired) electrons. The van der Waals surface area contributed by atoms with E-state index in [1.54, 1.807) is 0 Å². The van der Waals surface area contributed by atoms with Gasteiger partial charge in [-0.05, 0) is 31.6 Å². The van der Waals surface area contributed by atoms with Crippen LogP contribution in [0.25, 0.3) is 0 Å². The van der Waals surface area contributed by atoms with Gasteiger partial charge in [0.1, 0.15) is 6.10 Å². The van der Waals surface area contributed by atoms with Crippen LogP contribution in [-0.4, -0.2) is 12.1 Å². The fourth-order valence-electron chi connectivity index (χ4n) is 1.83. The molecule has 13 heavy (non-hydrogen) atoms. The fraction of sp³-hybridized carbons (Fsp3) is 0.909. The number of rotatable bonds is 2. The first-order chi connectivity index (χ1) is 6.15. The second-order valence-electron chi connectivity index (χ2n) is 4.26. The largest absolute Gasteiger partial charge is 0.462 e. The first kappa shape index (κ1) is 10.6. The van der Waals surface area contributed by atoms with Gasteiger partial charge in [0, 0.05) is 0 Å². The minimum atomic E-state index is 0.0266. The van der Waals surface area contributed by atoms with Crippen molar-refractivity contribution in [1.82, 2.24) is 0 Å². The molecule has 2 heteroatoms. The summed E-state index contributed by atoms with van der Waals surface area (Å²) in [6, 6.07) is 0. The van der Waals surface area contributed by atoms with Crippen molar-refractivity contribution in [3.05, 3.63) is 0 Å². The van der Waals surface area contributed by atoms with Crippen molar-refractivity contribution in [2.75, 3.05) is 0 Å².